The van der Waals surface area contributed by atoms with E-state index in [1.165, 1.54) is 12.1 Å². The third-order valence-electron chi connectivity index (χ3n) is 4.59. The van der Waals surface area contributed by atoms with Gasteiger partial charge in [0.25, 0.3) is 15.9 Å². The highest BCUT2D eigenvalue weighted by Gasteiger charge is 2.17. The monoisotopic (exact) mass is 424 g/mol. The van der Waals surface area contributed by atoms with Crippen LogP contribution in [0.1, 0.15) is 15.9 Å². The highest BCUT2D eigenvalue weighted by Crippen LogP contribution is 2.32. The molecule has 3 aromatic rings. The number of aryl methyl sites for hydroxylation is 1. The Hall–Kier alpha value is -3.52. The Morgan fingerprint density at radius 2 is 1.63 bits per heavy atom. The van der Waals surface area contributed by atoms with Crippen LogP contribution in [0.3, 0.4) is 0 Å². The van der Waals surface area contributed by atoms with Gasteiger partial charge in [-0.05, 0) is 55.0 Å². The van der Waals surface area contributed by atoms with Crippen LogP contribution in [0.4, 0.5) is 11.4 Å². The molecule has 4 rings (SSSR count). The molecule has 0 atom stereocenters. The van der Waals surface area contributed by atoms with E-state index in [1.54, 1.807) is 61.5 Å². The predicted molar refractivity (Wildman–Crippen MR) is 114 cm³/mol. The molecular weight excluding hydrogens is 404 g/mol. The number of anilines is 2. The van der Waals surface area contributed by atoms with Gasteiger partial charge in [0, 0.05) is 17.3 Å². The number of hydrogen-bond acceptors (Lipinski definition) is 5. The molecule has 0 aliphatic carbocycles. The van der Waals surface area contributed by atoms with Crippen molar-refractivity contribution in [1.29, 1.82) is 0 Å². The number of nitrogens with one attached hydrogen (secondary N) is 2. The Labute approximate surface area is 174 Å². The summed E-state index contributed by atoms with van der Waals surface area (Å²) in [5, 5.41) is 2.82. The standard InChI is InChI=1S/C22H20N2O5S/c1-15-13-16(7-9-19(15)24-30(26,27)18-5-3-2-4-6-18)22(25)23-17-8-10-20-21(14-17)29-12-11-28-20/h2-10,13-14,24H,11-12H2,1H3,(H,23,25). The van der Waals surface area contributed by atoms with Crippen molar-refractivity contribution >= 4 is 27.3 Å². The van der Waals surface area contributed by atoms with E-state index < -0.39 is 10.0 Å². The topological polar surface area (TPSA) is 93.7 Å². The minimum atomic E-state index is -3.70. The van der Waals surface area contributed by atoms with Gasteiger partial charge < -0.3 is 14.8 Å². The molecule has 0 saturated carbocycles. The number of benzene rings is 3. The van der Waals surface area contributed by atoms with Crippen molar-refractivity contribution in [3.05, 3.63) is 77.9 Å². The summed E-state index contributed by atoms with van der Waals surface area (Å²) in [4.78, 5) is 12.8. The Kier molecular flexibility index (Phi) is 5.33. The molecule has 0 radical (unpaired) electrons. The molecule has 154 valence electrons. The van der Waals surface area contributed by atoms with Crippen LogP contribution in [-0.2, 0) is 10.0 Å². The Morgan fingerprint density at radius 3 is 2.37 bits per heavy atom. The van der Waals surface area contributed by atoms with Crippen LogP contribution in [0.25, 0.3) is 0 Å². The largest absolute Gasteiger partial charge is 0.486 e. The zero-order chi connectivity index (χ0) is 21.1. The summed E-state index contributed by atoms with van der Waals surface area (Å²) in [5.74, 6) is 0.915. The van der Waals surface area contributed by atoms with Crippen LogP contribution in [0.2, 0.25) is 0 Å². The van der Waals surface area contributed by atoms with Crippen molar-refractivity contribution < 1.29 is 22.7 Å². The Bertz CT molecular complexity index is 1190. The van der Waals surface area contributed by atoms with Gasteiger partial charge in [-0.15, -0.1) is 0 Å². The first-order valence-corrected chi connectivity index (χ1v) is 10.8. The lowest BCUT2D eigenvalue weighted by Gasteiger charge is -2.19. The predicted octanol–water partition coefficient (Wildman–Crippen LogP) is 3.82. The van der Waals surface area contributed by atoms with Crippen molar-refractivity contribution in [2.24, 2.45) is 0 Å². The first-order chi connectivity index (χ1) is 14.4. The fourth-order valence-corrected chi connectivity index (χ4v) is 4.20. The molecule has 1 aliphatic rings. The second kappa shape index (κ2) is 8.08. The number of amides is 1. The Balaban J connectivity index is 1.49. The second-order valence-corrected chi connectivity index (χ2v) is 8.44. The smallest absolute Gasteiger partial charge is 0.261 e. The van der Waals surface area contributed by atoms with E-state index in [0.717, 1.165) is 0 Å². The highest BCUT2D eigenvalue weighted by atomic mass is 32.2. The van der Waals surface area contributed by atoms with Crippen LogP contribution in [-0.4, -0.2) is 27.5 Å². The average Bonchev–Trinajstić information content (AvgIpc) is 2.75. The molecule has 1 heterocycles. The zero-order valence-electron chi connectivity index (χ0n) is 16.2. The van der Waals surface area contributed by atoms with Crippen molar-refractivity contribution in [1.82, 2.24) is 0 Å². The van der Waals surface area contributed by atoms with E-state index in [1.807, 2.05) is 0 Å². The number of rotatable bonds is 5. The maximum Gasteiger partial charge on any atom is 0.261 e. The minimum Gasteiger partial charge on any atom is -0.486 e. The van der Waals surface area contributed by atoms with Crippen LogP contribution in [0, 0.1) is 6.92 Å². The van der Waals surface area contributed by atoms with Crippen LogP contribution >= 0.6 is 0 Å². The maximum absolute atomic E-state index is 12.6. The molecule has 7 nitrogen and oxygen atoms in total. The third kappa shape index (κ3) is 4.23. The molecule has 0 fully saturated rings. The first kappa shape index (κ1) is 19.8. The first-order valence-electron chi connectivity index (χ1n) is 9.32. The van der Waals surface area contributed by atoms with E-state index in [4.69, 9.17) is 9.47 Å². The number of hydrogen-bond donors (Lipinski definition) is 2. The Morgan fingerprint density at radius 1 is 0.900 bits per heavy atom. The van der Waals surface area contributed by atoms with Gasteiger partial charge in [-0.3, -0.25) is 9.52 Å². The van der Waals surface area contributed by atoms with Crippen molar-refractivity contribution in [3.63, 3.8) is 0 Å². The number of fused-ring (bicyclic) bond motifs is 1. The van der Waals surface area contributed by atoms with E-state index >= 15 is 0 Å². The van der Waals surface area contributed by atoms with E-state index in [0.29, 0.717) is 47.2 Å². The normalized spacial score (nSPS) is 12.8. The van der Waals surface area contributed by atoms with Gasteiger partial charge in [0.1, 0.15) is 13.2 Å². The molecule has 0 spiro atoms. The fraction of sp³-hybridized carbons (Fsp3) is 0.136. The molecule has 8 heteroatoms. The lowest BCUT2D eigenvalue weighted by molar-refractivity contribution is 0.102. The van der Waals surface area contributed by atoms with Crippen molar-refractivity contribution in [2.75, 3.05) is 23.3 Å². The van der Waals surface area contributed by atoms with Gasteiger partial charge in [0.05, 0.1) is 10.6 Å². The summed E-state index contributed by atoms with van der Waals surface area (Å²) in [7, 11) is -3.70. The lowest BCUT2D eigenvalue weighted by atomic mass is 10.1. The van der Waals surface area contributed by atoms with Crippen LogP contribution < -0.4 is 19.5 Å². The van der Waals surface area contributed by atoms with Crippen molar-refractivity contribution in [2.45, 2.75) is 11.8 Å². The van der Waals surface area contributed by atoms with Gasteiger partial charge in [0.15, 0.2) is 11.5 Å². The van der Waals surface area contributed by atoms with Gasteiger partial charge >= 0.3 is 0 Å². The molecule has 0 bridgehead atoms. The fourth-order valence-electron chi connectivity index (χ4n) is 3.05. The van der Waals surface area contributed by atoms with E-state index in [2.05, 4.69) is 10.0 Å². The molecule has 1 amide bonds. The molecule has 0 aromatic heterocycles. The van der Waals surface area contributed by atoms with E-state index in [9.17, 15) is 13.2 Å². The summed E-state index contributed by atoms with van der Waals surface area (Å²) in [5.41, 5.74) is 2.03. The molecule has 2 N–H and O–H groups in total. The summed E-state index contributed by atoms with van der Waals surface area (Å²) in [6.45, 7) is 2.70. The van der Waals surface area contributed by atoms with Crippen LogP contribution in [0.5, 0.6) is 11.5 Å². The third-order valence-corrected chi connectivity index (χ3v) is 5.97. The molecule has 30 heavy (non-hydrogen) atoms. The van der Waals surface area contributed by atoms with Gasteiger partial charge in [-0.25, -0.2) is 8.42 Å². The van der Waals surface area contributed by atoms with Gasteiger partial charge in [-0.1, -0.05) is 18.2 Å². The maximum atomic E-state index is 12.6. The summed E-state index contributed by atoms with van der Waals surface area (Å²) >= 11 is 0. The zero-order valence-corrected chi connectivity index (χ0v) is 17.0. The highest BCUT2D eigenvalue weighted by molar-refractivity contribution is 7.92. The lowest BCUT2D eigenvalue weighted by Crippen LogP contribution is -2.17. The number of carbonyl (C=O) groups is 1. The minimum absolute atomic E-state index is 0.171. The van der Waals surface area contributed by atoms with Gasteiger partial charge in [0.2, 0.25) is 0 Å². The number of ether oxygens (including phenoxy) is 2. The quantitative estimate of drug-likeness (QED) is 0.649. The van der Waals surface area contributed by atoms with E-state index in [-0.39, 0.29) is 10.8 Å². The molecule has 3 aromatic carbocycles. The molecule has 1 aliphatic heterocycles. The summed E-state index contributed by atoms with van der Waals surface area (Å²) in [6, 6.07) is 18.1. The molecular formula is C22H20N2O5S. The number of carbonyl (C=O) groups excluding carboxylic acids is 1. The number of sulfonamides is 1. The SMILES string of the molecule is Cc1cc(C(=O)Nc2ccc3c(c2)OCCO3)ccc1NS(=O)(=O)c1ccccc1. The second-order valence-electron chi connectivity index (χ2n) is 6.76. The van der Waals surface area contributed by atoms with Gasteiger partial charge in [-0.2, -0.15) is 0 Å². The molecule has 0 saturated heterocycles. The summed E-state index contributed by atoms with van der Waals surface area (Å²) < 4.78 is 38.6. The molecule has 0 unspecified atom stereocenters. The van der Waals surface area contributed by atoms with Crippen molar-refractivity contribution in [3.8, 4) is 11.5 Å². The van der Waals surface area contributed by atoms with Crippen LogP contribution in [0.15, 0.2) is 71.6 Å². The summed E-state index contributed by atoms with van der Waals surface area (Å²) in [6.07, 6.45) is 0. The average molecular weight is 424 g/mol.